The van der Waals surface area contributed by atoms with Gasteiger partial charge in [-0.15, -0.1) is 0 Å². The van der Waals surface area contributed by atoms with E-state index in [2.05, 4.69) is 29.9 Å². The fourth-order valence-corrected chi connectivity index (χ4v) is 4.60. The minimum atomic E-state index is -4.63. The van der Waals surface area contributed by atoms with Crippen molar-refractivity contribution in [1.82, 2.24) is 34.8 Å². The number of hydrogen-bond donors (Lipinski definition) is 1. The minimum Gasteiger partial charge on any atom is -0.326 e. The second kappa shape index (κ2) is 13.2. The van der Waals surface area contributed by atoms with Gasteiger partial charge in [-0.3, -0.25) is 24.5 Å². The minimum absolute atomic E-state index is 0.0230. The number of fused-ring (bicyclic) bond motifs is 1. The number of carbonyl (C=O) groups excluding carboxylic acids is 2. The van der Waals surface area contributed by atoms with E-state index >= 15 is 0 Å². The summed E-state index contributed by atoms with van der Waals surface area (Å²) in [4.78, 5) is 47.9. The highest BCUT2D eigenvalue weighted by molar-refractivity contribution is 6.21. The van der Waals surface area contributed by atoms with E-state index in [9.17, 15) is 35.9 Å². The van der Waals surface area contributed by atoms with Gasteiger partial charge in [-0.2, -0.15) is 26.3 Å². The summed E-state index contributed by atoms with van der Waals surface area (Å²) >= 11 is 0. The summed E-state index contributed by atoms with van der Waals surface area (Å²) in [5, 5.41) is 0. The van der Waals surface area contributed by atoms with Crippen LogP contribution in [0.4, 0.5) is 26.3 Å². The van der Waals surface area contributed by atoms with Crippen LogP contribution in [0.15, 0.2) is 73.6 Å². The lowest BCUT2D eigenvalue weighted by Crippen LogP contribution is -2.29. The van der Waals surface area contributed by atoms with E-state index in [1.807, 2.05) is 6.92 Å². The van der Waals surface area contributed by atoms with Gasteiger partial charge in [-0.05, 0) is 60.4 Å². The lowest BCUT2D eigenvalue weighted by Gasteiger charge is -2.16. The second-order valence-electron chi connectivity index (χ2n) is 10.5. The Bertz CT molecular complexity index is 1950. The number of pyridine rings is 2. The van der Waals surface area contributed by atoms with Crippen molar-refractivity contribution >= 4 is 11.8 Å². The summed E-state index contributed by atoms with van der Waals surface area (Å²) in [5.74, 6) is -3.18. The predicted molar refractivity (Wildman–Crippen MR) is 159 cm³/mol. The quantitative estimate of drug-likeness (QED) is 0.177. The molecule has 1 aliphatic heterocycles. The van der Waals surface area contributed by atoms with E-state index in [4.69, 9.17) is 5.73 Å². The molecular weight excluding hydrogens is 642 g/mol. The number of halogens is 6. The molecule has 2 amide bonds. The number of rotatable bonds is 5. The third kappa shape index (κ3) is 7.17. The van der Waals surface area contributed by atoms with Crippen molar-refractivity contribution < 1.29 is 35.9 Å². The van der Waals surface area contributed by atoms with Crippen LogP contribution in [0.5, 0.6) is 0 Å². The molecule has 0 saturated carbocycles. The van der Waals surface area contributed by atoms with Gasteiger partial charge in [-0.1, -0.05) is 12.1 Å². The summed E-state index contributed by atoms with van der Waals surface area (Å²) in [6.07, 6.45) is -1.73. The Labute approximate surface area is 268 Å². The molecule has 4 aromatic heterocycles. The molecule has 5 aromatic rings. The number of aromatic nitrogens is 6. The molecule has 1 aliphatic rings. The normalized spacial score (nSPS) is 12.9. The maximum Gasteiger partial charge on any atom is 0.451 e. The fraction of sp³-hybridized carbons (Fsp3) is 0.188. The van der Waals surface area contributed by atoms with Crippen molar-refractivity contribution in [3.63, 3.8) is 0 Å². The molecule has 2 N–H and O–H groups in total. The summed E-state index contributed by atoms with van der Waals surface area (Å²) in [7, 11) is 0. The molecular formula is C32H24F6N8O2. The molecule has 0 unspecified atom stereocenters. The summed E-state index contributed by atoms with van der Waals surface area (Å²) in [6.45, 7) is 3.99. The highest BCUT2D eigenvalue weighted by Crippen LogP contribution is 2.29. The number of hydrogen-bond acceptors (Lipinski definition) is 9. The van der Waals surface area contributed by atoms with Crippen LogP contribution in [-0.2, 0) is 25.4 Å². The Balaban J connectivity index is 0.000000206. The van der Waals surface area contributed by atoms with Gasteiger partial charge < -0.3 is 5.73 Å². The number of amides is 2. The van der Waals surface area contributed by atoms with Crippen molar-refractivity contribution in [3.05, 3.63) is 119 Å². The van der Waals surface area contributed by atoms with Gasteiger partial charge in [0.1, 0.15) is 0 Å². The highest BCUT2D eigenvalue weighted by Gasteiger charge is 2.36. The summed E-state index contributed by atoms with van der Waals surface area (Å²) < 4.78 is 74.9. The van der Waals surface area contributed by atoms with E-state index in [0.717, 1.165) is 46.4 Å². The van der Waals surface area contributed by atoms with Crippen LogP contribution in [0.1, 0.15) is 54.6 Å². The van der Waals surface area contributed by atoms with E-state index in [-0.39, 0.29) is 18.4 Å². The Morgan fingerprint density at radius 1 is 0.625 bits per heavy atom. The van der Waals surface area contributed by atoms with Gasteiger partial charge in [0, 0.05) is 54.9 Å². The van der Waals surface area contributed by atoms with Crippen molar-refractivity contribution in [1.29, 1.82) is 0 Å². The van der Waals surface area contributed by atoms with E-state index in [1.54, 1.807) is 49.5 Å². The van der Waals surface area contributed by atoms with Gasteiger partial charge in [-0.25, -0.2) is 19.9 Å². The molecule has 246 valence electrons. The molecule has 1 aromatic carbocycles. The first kappa shape index (κ1) is 33.7. The Morgan fingerprint density at radius 2 is 1.02 bits per heavy atom. The van der Waals surface area contributed by atoms with E-state index in [0.29, 0.717) is 45.7 Å². The monoisotopic (exact) mass is 666 g/mol. The van der Waals surface area contributed by atoms with Gasteiger partial charge in [0.15, 0.2) is 0 Å². The average Bonchev–Trinajstić information content (AvgIpc) is 3.30. The van der Waals surface area contributed by atoms with Crippen LogP contribution in [0, 0.1) is 13.8 Å². The number of benzene rings is 1. The van der Waals surface area contributed by atoms with Gasteiger partial charge >= 0.3 is 12.4 Å². The van der Waals surface area contributed by atoms with Gasteiger partial charge in [0.2, 0.25) is 11.6 Å². The fourth-order valence-electron chi connectivity index (χ4n) is 4.60. The maximum atomic E-state index is 12.6. The Hall–Kier alpha value is -5.64. The Kier molecular flexibility index (Phi) is 9.29. The first-order valence-corrected chi connectivity index (χ1v) is 14.0. The van der Waals surface area contributed by atoms with Crippen molar-refractivity contribution in [2.24, 2.45) is 5.73 Å². The topological polar surface area (TPSA) is 141 Å². The molecule has 5 heterocycles. The molecule has 48 heavy (non-hydrogen) atoms. The molecule has 0 saturated heterocycles. The first-order valence-electron chi connectivity index (χ1n) is 14.0. The van der Waals surface area contributed by atoms with Crippen LogP contribution >= 0.6 is 0 Å². The van der Waals surface area contributed by atoms with E-state index < -0.39 is 24.0 Å². The summed E-state index contributed by atoms with van der Waals surface area (Å²) in [6, 6.07) is 9.91. The zero-order valence-electron chi connectivity index (χ0n) is 25.1. The van der Waals surface area contributed by atoms with Crippen LogP contribution in [0.25, 0.3) is 22.5 Å². The SMILES string of the molecule is Cc1cnc(-c2cnc(C(F)(F)F)nc2)cc1CN.Cc1cnc(-c2cnc(C(F)(F)F)nc2)cc1CN1C(=O)c2ccccc2C1=O. The molecule has 6 rings (SSSR count). The van der Waals surface area contributed by atoms with Crippen LogP contribution in [-0.4, -0.2) is 46.6 Å². The number of nitrogens with two attached hydrogens (primary N) is 1. The standard InChI is InChI=1S/C20H13F3N4O2.C12H11F3N4/c1-11-7-24-16(13-8-25-19(26-9-13)20(21,22)23)6-12(11)10-27-17(28)14-4-2-3-5-15(14)18(27)29;1-7-4-17-10(2-8(7)3-16)9-5-18-11(19-6-9)12(13,14)15/h2-9H,10H2,1H3;2,4-6H,3,16H2,1H3. The molecule has 16 heteroatoms. The lowest BCUT2D eigenvalue weighted by molar-refractivity contribution is -0.145. The van der Waals surface area contributed by atoms with Crippen LogP contribution in [0.3, 0.4) is 0 Å². The largest absolute Gasteiger partial charge is 0.451 e. The molecule has 0 radical (unpaired) electrons. The highest BCUT2D eigenvalue weighted by atomic mass is 19.4. The van der Waals surface area contributed by atoms with Crippen LogP contribution < -0.4 is 5.73 Å². The third-order valence-corrected chi connectivity index (χ3v) is 7.26. The molecule has 10 nitrogen and oxygen atoms in total. The predicted octanol–water partition coefficient (Wildman–Crippen LogP) is 5.99. The molecule has 0 aliphatic carbocycles. The second-order valence-corrected chi connectivity index (χ2v) is 10.5. The van der Waals surface area contributed by atoms with Gasteiger partial charge in [0.05, 0.1) is 29.1 Å². The lowest BCUT2D eigenvalue weighted by atomic mass is 10.1. The maximum absolute atomic E-state index is 12.6. The molecule has 0 atom stereocenters. The zero-order valence-corrected chi connectivity index (χ0v) is 25.1. The van der Waals surface area contributed by atoms with E-state index in [1.165, 1.54) is 6.20 Å². The number of alkyl halides is 6. The zero-order chi connectivity index (χ0) is 34.8. The average molecular weight is 667 g/mol. The molecule has 0 fully saturated rings. The third-order valence-electron chi connectivity index (χ3n) is 7.26. The van der Waals surface area contributed by atoms with Crippen molar-refractivity contribution in [2.75, 3.05) is 0 Å². The number of imide groups is 1. The number of carbonyl (C=O) groups is 2. The summed E-state index contributed by atoms with van der Waals surface area (Å²) in [5.41, 5.74) is 11.0. The smallest absolute Gasteiger partial charge is 0.326 e. The van der Waals surface area contributed by atoms with Crippen molar-refractivity contribution in [3.8, 4) is 22.5 Å². The first-order chi connectivity index (χ1) is 22.7. The molecule has 0 spiro atoms. The van der Waals surface area contributed by atoms with Crippen molar-refractivity contribution in [2.45, 2.75) is 39.3 Å². The number of aryl methyl sites for hydroxylation is 2. The Morgan fingerprint density at radius 3 is 1.42 bits per heavy atom. The van der Waals surface area contributed by atoms with Gasteiger partial charge in [0.25, 0.3) is 11.8 Å². The van der Waals surface area contributed by atoms with Crippen LogP contribution in [0.2, 0.25) is 0 Å². The number of nitrogens with zero attached hydrogens (tertiary/aromatic N) is 7. The molecule has 0 bridgehead atoms.